The Morgan fingerprint density at radius 3 is 2.29 bits per heavy atom. The molecular weight excluding hydrogens is 262 g/mol. The Kier molecular flexibility index (Phi) is 7.74. The van der Waals surface area contributed by atoms with Crippen molar-refractivity contribution in [2.24, 2.45) is 5.41 Å². The lowest BCUT2D eigenvalue weighted by Crippen LogP contribution is -2.48. The second kappa shape index (κ2) is 9.04. The van der Waals surface area contributed by atoms with E-state index in [2.05, 4.69) is 16.3 Å². The largest absolute Gasteiger partial charge is 0.351 e. The molecule has 1 fully saturated rings. The van der Waals surface area contributed by atoms with Crippen molar-refractivity contribution in [2.75, 3.05) is 19.6 Å². The van der Waals surface area contributed by atoms with E-state index in [-0.39, 0.29) is 11.9 Å². The molecule has 1 atom stereocenters. The monoisotopic (exact) mass is 293 g/mol. The van der Waals surface area contributed by atoms with Gasteiger partial charge in [-0.2, -0.15) is 5.26 Å². The molecule has 21 heavy (non-hydrogen) atoms. The maximum Gasteiger partial charge on any atom is 0.240 e. The van der Waals surface area contributed by atoms with Gasteiger partial charge in [-0.05, 0) is 45.7 Å². The van der Waals surface area contributed by atoms with Gasteiger partial charge in [0, 0.05) is 12.6 Å². The summed E-state index contributed by atoms with van der Waals surface area (Å²) in [6.45, 7) is 9.28. The van der Waals surface area contributed by atoms with E-state index < -0.39 is 5.41 Å². The topological polar surface area (TPSA) is 56.1 Å². The van der Waals surface area contributed by atoms with Crippen molar-refractivity contribution in [1.82, 2.24) is 10.2 Å². The van der Waals surface area contributed by atoms with Gasteiger partial charge in [0.1, 0.15) is 5.41 Å². The molecule has 1 saturated heterocycles. The van der Waals surface area contributed by atoms with Crippen LogP contribution in [-0.4, -0.2) is 36.5 Å². The van der Waals surface area contributed by atoms with Gasteiger partial charge in [-0.3, -0.25) is 4.79 Å². The van der Waals surface area contributed by atoms with Crippen LogP contribution in [0.15, 0.2) is 0 Å². The number of hydrogen-bond acceptors (Lipinski definition) is 3. The molecule has 120 valence electrons. The molecule has 1 aliphatic rings. The van der Waals surface area contributed by atoms with Gasteiger partial charge in [0.05, 0.1) is 6.07 Å². The van der Waals surface area contributed by atoms with E-state index in [0.29, 0.717) is 12.8 Å². The van der Waals surface area contributed by atoms with Crippen molar-refractivity contribution in [3.05, 3.63) is 0 Å². The van der Waals surface area contributed by atoms with Crippen LogP contribution in [-0.2, 0) is 4.79 Å². The molecule has 1 aliphatic heterocycles. The van der Waals surface area contributed by atoms with Crippen LogP contribution in [0.3, 0.4) is 0 Å². The smallest absolute Gasteiger partial charge is 0.240 e. The van der Waals surface area contributed by atoms with E-state index in [9.17, 15) is 10.1 Å². The SMILES string of the molecule is CCCC(C#N)(CCC)C(=O)NC(C)CN1CCCCC1. The van der Waals surface area contributed by atoms with E-state index >= 15 is 0 Å². The summed E-state index contributed by atoms with van der Waals surface area (Å²) in [7, 11) is 0. The maximum atomic E-state index is 12.6. The molecule has 1 heterocycles. The Hall–Kier alpha value is -1.08. The summed E-state index contributed by atoms with van der Waals surface area (Å²) in [5.41, 5.74) is -0.834. The minimum atomic E-state index is -0.834. The predicted molar refractivity (Wildman–Crippen MR) is 85.8 cm³/mol. The van der Waals surface area contributed by atoms with Gasteiger partial charge in [-0.15, -0.1) is 0 Å². The number of nitriles is 1. The molecular formula is C17H31N3O. The summed E-state index contributed by atoms with van der Waals surface area (Å²) in [6, 6.07) is 2.41. The van der Waals surface area contributed by atoms with E-state index in [1.165, 1.54) is 19.3 Å². The number of carbonyl (C=O) groups excluding carboxylic acids is 1. The maximum absolute atomic E-state index is 12.6. The molecule has 0 bridgehead atoms. The summed E-state index contributed by atoms with van der Waals surface area (Å²) in [6.07, 6.45) is 6.87. The van der Waals surface area contributed by atoms with E-state index in [1.807, 2.05) is 20.8 Å². The second-order valence-electron chi connectivity index (χ2n) is 6.43. The average molecular weight is 293 g/mol. The third-order valence-corrected chi connectivity index (χ3v) is 4.36. The Morgan fingerprint density at radius 2 is 1.81 bits per heavy atom. The Morgan fingerprint density at radius 1 is 1.24 bits per heavy atom. The van der Waals surface area contributed by atoms with E-state index in [0.717, 1.165) is 32.5 Å². The van der Waals surface area contributed by atoms with Crippen molar-refractivity contribution >= 4 is 5.91 Å². The second-order valence-corrected chi connectivity index (χ2v) is 6.43. The van der Waals surface area contributed by atoms with Crippen molar-refractivity contribution in [2.45, 2.75) is 71.8 Å². The number of nitrogens with zero attached hydrogens (tertiary/aromatic N) is 2. The van der Waals surface area contributed by atoms with Crippen LogP contribution in [0.25, 0.3) is 0 Å². The fourth-order valence-electron chi connectivity index (χ4n) is 3.31. The highest BCUT2D eigenvalue weighted by molar-refractivity contribution is 5.85. The van der Waals surface area contributed by atoms with Crippen LogP contribution >= 0.6 is 0 Å². The van der Waals surface area contributed by atoms with Crippen LogP contribution in [0.5, 0.6) is 0 Å². The van der Waals surface area contributed by atoms with Gasteiger partial charge in [0.25, 0.3) is 0 Å². The fraction of sp³-hybridized carbons (Fsp3) is 0.882. The summed E-state index contributed by atoms with van der Waals surface area (Å²) < 4.78 is 0. The summed E-state index contributed by atoms with van der Waals surface area (Å²) in [4.78, 5) is 15.0. The van der Waals surface area contributed by atoms with E-state index in [1.54, 1.807) is 0 Å². The van der Waals surface area contributed by atoms with Gasteiger partial charge < -0.3 is 10.2 Å². The molecule has 0 radical (unpaired) electrons. The summed E-state index contributed by atoms with van der Waals surface area (Å²) >= 11 is 0. The van der Waals surface area contributed by atoms with Gasteiger partial charge in [0.2, 0.25) is 5.91 Å². The van der Waals surface area contributed by atoms with Crippen molar-refractivity contribution in [1.29, 1.82) is 5.26 Å². The number of carbonyl (C=O) groups is 1. The summed E-state index contributed by atoms with van der Waals surface area (Å²) in [5.74, 6) is -0.0711. The van der Waals surface area contributed by atoms with Crippen LogP contribution in [0, 0.1) is 16.7 Å². The summed E-state index contributed by atoms with van der Waals surface area (Å²) in [5, 5.41) is 12.6. The highest BCUT2D eigenvalue weighted by atomic mass is 16.2. The lowest BCUT2D eigenvalue weighted by Gasteiger charge is -2.31. The molecule has 4 nitrogen and oxygen atoms in total. The standard InChI is InChI=1S/C17H31N3O/c1-4-9-17(14-18,10-5-2)16(21)19-15(3)13-20-11-7-6-8-12-20/h15H,4-13H2,1-3H3,(H,19,21). The molecule has 0 spiro atoms. The fourth-order valence-corrected chi connectivity index (χ4v) is 3.31. The normalized spacial score (nSPS) is 18.0. The minimum absolute atomic E-state index is 0.0711. The number of piperidine rings is 1. The zero-order valence-corrected chi connectivity index (χ0v) is 14.0. The number of hydrogen-bond donors (Lipinski definition) is 1. The van der Waals surface area contributed by atoms with Crippen LogP contribution in [0.1, 0.15) is 65.7 Å². The van der Waals surface area contributed by atoms with Crippen molar-refractivity contribution in [3.63, 3.8) is 0 Å². The van der Waals surface area contributed by atoms with Crippen molar-refractivity contribution in [3.8, 4) is 6.07 Å². The van der Waals surface area contributed by atoms with E-state index in [4.69, 9.17) is 0 Å². The number of likely N-dealkylation sites (tertiary alicyclic amines) is 1. The first-order valence-corrected chi connectivity index (χ1v) is 8.52. The molecule has 0 aromatic rings. The molecule has 0 aromatic heterocycles. The first-order valence-electron chi connectivity index (χ1n) is 8.52. The van der Waals surface area contributed by atoms with Crippen LogP contribution < -0.4 is 5.32 Å². The third-order valence-electron chi connectivity index (χ3n) is 4.36. The van der Waals surface area contributed by atoms with Gasteiger partial charge in [0.15, 0.2) is 0 Å². The predicted octanol–water partition coefficient (Wildman–Crippen LogP) is 3.09. The molecule has 1 amide bonds. The Labute approximate surface area is 129 Å². The van der Waals surface area contributed by atoms with Gasteiger partial charge in [-0.1, -0.05) is 33.1 Å². The highest BCUT2D eigenvalue weighted by Gasteiger charge is 2.37. The quantitative estimate of drug-likeness (QED) is 0.748. The zero-order valence-electron chi connectivity index (χ0n) is 14.0. The lowest BCUT2D eigenvalue weighted by molar-refractivity contribution is -0.129. The van der Waals surface area contributed by atoms with Crippen LogP contribution in [0.4, 0.5) is 0 Å². The lowest BCUT2D eigenvalue weighted by atomic mass is 9.79. The molecule has 1 N–H and O–H groups in total. The molecule has 0 aromatic carbocycles. The third kappa shape index (κ3) is 5.32. The Bertz CT molecular complexity index is 350. The zero-order chi connectivity index (χ0) is 15.7. The molecule has 0 aliphatic carbocycles. The van der Waals surface area contributed by atoms with Crippen LogP contribution in [0.2, 0.25) is 0 Å². The Balaban J connectivity index is 2.56. The minimum Gasteiger partial charge on any atom is -0.351 e. The van der Waals surface area contributed by atoms with Gasteiger partial charge in [-0.25, -0.2) is 0 Å². The molecule has 0 saturated carbocycles. The first-order chi connectivity index (χ1) is 10.1. The number of amides is 1. The molecule has 1 rings (SSSR count). The highest BCUT2D eigenvalue weighted by Crippen LogP contribution is 2.29. The van der Waals surface area contributed by atoms with Gasteiger partial charge >= 0.3 is 0 Å². The van der Waals surface area contributed by atoms with Crippen molar-refractivity contribution < 1.29 is 4.79 Å². The molecule has 4 heteroatoms. The number of nitrogens with one attached hydrogen (secondary N) is 1. The average Bonchev–Trinajstić information content (AvgIpc) is 2.47. The first kappa shape index (κ1) is 18.0. The number of rotatable bonds is 8. The molecule has 1 unspecified atom stereocenters.